The second kappa shape index (κ2) is 9.68. The molecule has 0 bridgehead atoms. The zero-order valence-electron chi connectivity index (χ0n) is 16.9. The van der Waals surface area contributed by atoms with Crippen molar-refractivity contribution in [2.24, 2.45) is 0 Å². The van der Waals surface area contributed by atoms with E-state index in [1.807, 2.05) is 23.6 Å². The number of carbonyl (C=O) groups is 1. The molecule has 30 heavy (non-hydrogen) atoms. The molecule has 158 valence electrons. The third-order valence-electron chi connectivity index (χ3n) is 5.19. The molecule has 9 nitrogen and oxygen atoms in total. The molecule has 1 N–H and O–H groups in total. The molecule has 0 unspecified atom stereocenters. The predicted molar refractivity (Wildman–Crippen MR) is 116 cm³/mol. The minimum Gasteiger partial charge on any atom is -0.497 e. The molecule has 2 aromatic heterocycles. The number of anilines is 1. The third-order valence-corrected chi connectivity index (χ3v) is 6.10. The van der Waals surface area contributed by atoms with Gasteiger partial charge in [0, 0.05) is 38.4 Å². The number of methoxy groups -OCH3 is 1. The van der Waals surface area contributed by atoms with Crippen molar-refractivity contribution >= 4 is 22.9 Å². The van der Waals surface area contributed by atoms with Crippen molar-refractivity contribution in [2.75, 3.05) is 51.3 Å². The maximum atomic E-state index is 12.5. The van der Waals surface area contributed by atoms with Crippen LogP contribution in [0.2, 0.25) is 0 Å². The fourth-order valence-corrected chi connectivity index (χ4v) is 4.33. The fourth-order valence-electron chi connectivity index (χ4n) is 3.53. The third kappa shape index (κ3) is 4.77. The van der Waals surface area contributed by atoms with Gasteiger partial charge in [0.2, 0.25) is 0 Å². The number of piperazine rings is 1. The summed E-state index contributed by atoms with van der Waals surface area (Å²) in [5.74, 6) is 0.798. The number of carbonyl (C=O) groups excluding carboxylic acids is 1. The van der Waals surface area contributed by atoms with Crippen LogP contribution >= 0.6 is 11.3 Å². The van der Waals surface area contributed by atoms with Crippen LogP contribution in [0.15, 0.2) is 42.0 Å². The number of nitrogens with zero attached hydrogens (tertiary/aromatic N) is 6. The van der Waals surface area contributed by atoms with Crippen molar-refractivity contribution in [3.05, 3.63) is 46.9 Å². The van der Waals surface area contributed by atoms with Gasteiger partial charge in [-0.05, 0) is 59.1 Å². The van der Waals surface area contributed by atoms with Crippen molar-refractivity contribution < 1.29 is 9.53 Å². The molecule has 0 aliphatic carbocycles. The summed E-state index contributed by atoms with van der Waals surface area (Å²) in [6, 6.07) is 10.1. The second-order valence-corrected chi connectivity index (χ2v) is 7.94. The summed E-state index contributed by atoms with van der Waals surface area (Å²) in [5, 5.41) is 16.0. The van der Waals surface area contributed by atoms with Crippen LogP contribution in [0.25, 0.3) is 5.69 Å². The molecule has 1 saturated heterocycles. The number of benzene rings is 1. The second-order valence-electron chi connectivity index (χ2n) is 7.03. The van der Waals surface area contributed by atoms with E-state index in [0.29, 0.717) is 17.1 Å². The highest BCUT2D eigenvalue weighted by atomic mass is 32.1. The zero-order valence-corrected chi connectivity index (χ0v) is 17.7. The van der Waals surface area contributed by atoms with Crippen LogP contribution in [0.5, 0.6) is 5.75 Å². The van der Waals surface area contributed by atoms with E-state index in [4.69, 9.17) is 4.74 Å². The molecule has 0 spiro atoms. The monoisotopic (exact) mass is 427 g/mol. The zero-order chi connectivity index (χ0) is 20.8. The van der Waals surface area contributed by atoms with Gasteiger partial charge < -0.3 is 15.0 Å². The van der Waals surface area contributed by atoms with Crippen LogP contribution in [0.3, 0.4) is 0 Å². The minimum atomic E-state index is -0.0835. The molecule has 1 fully saturated rings. The van der Waals surface area contributed by atoms with E-state index >= 15 is 0 Å². The summed E-state index contributed by atoms with van der Waals surface area (Å²) in [4.78, 5) is 18.0. The van der Waals surface area contributed by atoms with E-state index < -0.39 is 0 Å². The number of ether oxygens (including phenoxy) is 1. The number of hydrogen-bond acceptors (Lipinski definition) is 8. The largest absolute Gasteiger partial charge is 0.497 e. The van der Waals surface area contributed by atoms with Gasteiger partial charge >= 0.3 is 0 Å². The first-order valence-electron chi connectivity index (χ1n) is 9.95. The van der Waals surface area contributed by atoms with E-state index in [1.54, 1.807) is 7.11 Å². The summed E-state index contributed by atoms with van der Waals surface area (Å²) in [7, 11) is 1.68. The molecule has 10 heteroatoms. The van der Waals surface area contributed by atoms with Gasteiger partial charge in [0.05, 0.1) is 12.8 Å². The Balaban J connectivity index is 1.18. The smallest absolute Gasteiger partial charge is 0.263 e. The average Bonchev–Trinajstić information content (AvgIpc) is 3.49. The predicted octanol–water partition coefficient (Wildman–Crippen LogP) is 1.67. The number of nitrogens with one attached hydrogen (secondary N) is 1. The molecule has 0 saturated carbocycles. The maximum absolute atomic E-state index is 12.5. The van der Waals surface area contributed by atoms with Gasteiger partial charge in [0.1, 0.15) is 17.0 Å². The molecule has 1 amide bonds. The van der Waals surface area contributed by atoms with Gasteiger partial charge in [0.25, 0.3) is 5.91 Å². The first-order chi connectivity index (χ1) is 14.7. The van der Waals surface area contributed by atoms with E-state index in [0.717, 1.165) is 44.9 Å². The molecule has 1 aliphatic heterocycles. The number of rotatable bonds is 8. The van der Waals surface area contributed by atoms with Gasteiger partial charge in [-0.3, -0.25) is 9.69 Å². The van der Waals surface area contributed by atoms with E-state index in [9.17, 15) is 4.79 Å². The Bertz CT molecular complexity index is 934. The lowest BCUT2D eigenvalue weighted by Crippen LogP contribution is -2.47. The van der Waals surface area contributed by atoms with Gasteiger partial charge in [0.15, 0.2) is 0 Å². The number of hydrogen-bond donors (Lipinski definition) is 1. The van der Waals surface area contributed by atoms with Crippen molar-refractivity contribution in [1.29, 1.82) is 0 Å². The summed E-state index contributed by atoms with van der Waals surface area (Å²) in [6.45, 7) is 5.67. The number of aromatic nitrogens is 4. The highest BCUT2D eigenvalue weighted by Gasteiger charge is 2.18. The Morgan fingerprint density at radius 2 is 1.97 bits per heavy atom. The van der Waals surface area contributed by atoms with Crippen LogP contribution in [0, 0.1) is 0 Å². The Hall–Kier alpha value is -2.98. The van der Waals surface area contributed by atoms with Crippen molar-refractivity contribution in [3.63, 3.8) is 0 Å². The van der Waals surface area contributed by atoms with Gasteiger partial charge in [-0.15, -0.1) is 16.4 Å². The Kier molecular flexibility index (Phi) is 6.55. The lowest BCUT2D eigenvalue weighted by Gasteiger charge is -2.36. The first kappa shape index (κ1) is 20.3. The molecular weight excluding hydrogens is 402 g/mol. The van der Waals surface area contributed by atoms with E-state index in [1.165, 1.54) is 28.0 Å². The summed E-state index contributed by atoms with van der Waals surface area (Å²) in [6.07, 6.45) is 2.41. The van der Waals surface area contributed by atoms with Crippen LogP contribution in [0.4, 0.5) is 5.69 Å². The molecule has 3 aromatic rings. The molecule has 1 aliphatic rings. The number of thiophene rings is 1. The number of amides is 1. The lowest BCUT2D eigenvalue weighted by atomic mass is 10.2. The van der Waals surface area contributed by atoms with Crippen LogP contribution in [-0.2, 0) is 0 Å². The summed E-state index contributed by atoms with van der Waals surface area (Å²) in [5.41, 5.74) is 1.94. The fraction of sp³-hybridized carbons (Fsp3) is 0.400. The van der Waals surface area contributed by atoms with Crippen LogP contribution in [-0.4, -0.2) is 77.4 Å². The first-order valence-corrected chi connectivity index (χ1v) is 10.8. The summed E-state index contributed by atoms with van der Waals surface area (Å²) < 4.78 is 6.74. The van der Waals surface area contributed by atoms with Gasteiger partial charge in [-0.1, -0.05) is 0 Å². The molecule has 1 aromatic carbocycles. The maximum Gasteiger partial charge on any atom is 0.263 e. The lowest BCUT2D eigenvalue weighted by molar-refractivity contribution is 0.0955. The van der Waals surface area contributed by atoms with Crippen LogP contribution < -0.4 is 15.0 Å². The topological polar surface area (TPSA) is 88.4 Å². The molecular formula is C20H25N7O2S. The average molecular weight is 428 g/mol. The van der Waals surface area contributed by atoms with Crippen molar-refractivity contribution in [3.8, 4) is 11.4 Å². The highest BCUT2D eigenvalue weighted by Crippen LogP contribution is 2.21. The summed E-state index contributed by atoms with van der Waals surface area (Å²) >= 11 is 1.39. The van der Waals surface area contributed by atoms with Gasteiger partial charge in [-0.25, -0.2) is 0 Å². The van der Waals surface area contributed by atoms with Crippen molar-refractivity contribution in [2.45, 2.75) is 6.42 Å². The quantitative estimate of drug-likeness (QED) is 0.547. The van der Waals surface area contributed by atoms with E-state index in [2.05, 4.69) is 42.8 Å². The Morgan fingerprint density at radius 1 is 1.17 bits per heavy atom. The van der Waals surface area contributed by atoms with E-state index in [-0.39, 0.29) is 5.91 Å². The number of tetrazole rings is 1. The Morgan fingerprint density at radius 3 is 2.67 bits per heavy atom. The molecule has 0 atom stereocenters. The normalized spacial score (nSPS) is 14.6. The van der Waals surface area contributed by atoms with Gasteiger partial charge in [-0.2, -0.15) is 4.68 Å². The SMILES string of the molecule is COc1ccc(N2CCN(CCCNC(=O)c3sccc3-n3cnnn3)CC2)cc1. The highest BCUT2D eigenvalue weighted by molar-refractivity contribution is 7.12. The minimum absolute atomic E-state index is 0.0835. The van der Waals surface area contributed by atoms with Crippen molar-refractivity contribution in [1.82, 2.24) is 30.4 Å². The Labute approximate surface area is 179 Å². The van der Waals surface area contributed by atoms with Crippen LogP contribution in [0.1, 0.15) is 16.1 Å². The molecule has 0 radical (unpaired) electrons. The molecule has 3 heterocycles. The standard InChI is InChI=1S/C20H25N7O2S/c1-29-17-5-3-16(4-6-17)26-12-10-25(11-13-26)9-2-8-21-20(28)19-18(7-14-30-19)27-15-22-23-24-27/h3-7,14-15H,2,8-13H2,1H3,(H,21,28). The molecule has 4 rings (SSSR count).